The Morgan fingerprint density at radius 3 is 2.96 bits per heavy atom. The molecule has 0 fully saturated rings. The summed E-state index contributed by atoms with van der Waals surface area (Å²) in [5.41, 5.74) is 1.34. The molecule has 0 saturated heterocycles. The highest BCUT2D eigenvalue weighted by molar-refractivity contribution is 5.97. The monoisotopic (exact) mass is 345 g/mol. The van der Waals surface area contributed by atoms with E-state index in [0.717, 1.165) is 19.3 Å². The van der Waals surface area contributed by atoms with Gasteiger partial charge < -0.3 is 19.6 Å². The van der Waals surface area contributed by atoms with Gasteiger partial charge in [0.05, 0.1) is 22.7 Å². The van der Waals surface area contributed by atoms with Crippen LogP contribution in [0, 0.1) is 0 Å². The van der Waals surface area contributed by atoms with E-state index in [0.29, 0.717) is 34.4 Å². The molecule has 0 aliphatic carbocycles. The average Bonchev–Trinajstić information content (AvgIpc) is 2.54. The van der Waals surface area contributed by atoms with E-state index in [-0.39, 0.29) is 23.5 Å². The highest BCUT2D eigenvalue weighted by Crippen LogP contribution is 2.38. The molecule has 5 nitrogen and oxygen atoms in total. The van der Waals surface area contributed by atoms with Gasteiger partial charge in [-0.05, 0) is 39.5 Å². The molecule has 5 heteroatoms. The van der Waals surface area contributed by atoms with Crippen molar-refractivity contribution in [2.75, 3.05) is 5.32 Å². The van der Waals surface area contributed by atoms with Crippen molar-refractivity contribution in [1.82, 2.24) is 0 Å². The van der Waals surface area contributed by atoms with Crippen molar-refractivity contribution in [3.63, 3.8) is 0 Å². The van der Waals surface area contributed by atoms with E-state index in [1.165, 1.54) is 12.8 Å². The number of nitrogens with one attached hydrogen (secondary N) is 1. The number of rotatable bonds is 6. The zero-order chi connectivity index (χ0) is 18.0. The number of benzene rings is 1. The summed E-state index contributed by atoms with van der Waals surface area (Å²) in [6, 6.07) is 3.57. The van der Waals surface area contributed by atoms with E-state index in [2.05, 4.69) is 19.2 Å². The first-order valence-electron chi connectivity index (χ1n) is 9.25. The quantitative estimate of drug-likeness (QED) is 0.592. The maximum atomic E-state index is 12.3. The summed E-state index contributed by atoms with van der Waals surface area (Å²) in [7, 11) is 0. The lowest BCUT2D eigenvalue weighted by molar-refractivity contribution is 0.206. The van der Waals surface area contributed by atoms with Crippen LogP contribution in [-0.4, -0.2) is 17.3 Å². The van der Waals surface area contributed by atoms with Crippen LogP contribution in [0.15, 0.2) is 21.3 Å². The summed E-state index contributed by atoms with van der Waals surface area (Å²) in [5.74, 6) is 0.607. The lowest BCUT2D eigenvalue weighted by Crippen LogP contribution is -2.26. The highest BCUT2D eigenvalue weighted by atomic mass is 16.5. The Labute approximate surface area is 148 Å². The molecule has 1 aromatic carbocycles. The maximum Gasteiger partial charge on any atom is 0.341 e. The van der Waals surface area contributed by atoms with Gasteiger partial charge in [0.15, 0.2) is 0 Å². The third-order valence-corrected chi connectivity index (χ3v) is 4.83. The molecule has 0 amide bonds. The summed E-state index contributed by atoms with van der Waals surface area (Å²) < 4.78 is 11.4. The van der Waals surface area contributed by atoms with E-state index >= 15 is 0 Å². The third-order valence-electron chi connectivity index (χ3n) is 4.83. The van der Waals surface area contributed by atoms with Gasteiger partial charge in [0.25, 0.3) is 0 Å². The van der Waals surface area contributed by atoms with Crippen molar-refractivity contribution < 1.29 is 14.3 Å². The van der Waals surface area contributed by atoms with Gasteiger partial charge in [-0.3, -0.25) is 0 Å². The fourth-order valence-corrected chi connectivity index (χ4v) is 3.43. The smallest absolute Gasteiger partial charge is 0.341 e. The second-order valence-electron chi connectivity index (χ2n) is 7.07. The van der Waals surface area contributed by atoms with Gasteiger partial charge in [-0.25, -0.2) is 4.79 Å². The Morgan fingerprint density at radius 1 is 1.40 bits per heavy atom. The Morgan fingerprint density at radius 2 is 2.20 bits per heavy atom. The molecule has 136 valence electrons. The van der Waals surface area contributed by atoms with Crippen LogP contribution < -0.4 is 15.7 Å². The molecule has 0 bridgehead atoms. The number of unbranched alkanes of at least 4 members (excludes halogenated alkanes) is 2. The van der Waals surface area contributed by atoms with Crippen LogP contribution >= 0.6 is 0 Å². The van der Waals surface area contributed by atoms with Gasteiger partial charge in [0.1, 0.15) is 17.1 Å². The fraction of sp³-hybridized carbons (Fsp3) is 0.550. The Kier molecular flexibility index (Phi) is 5.21. The van der Waals surface area contributed by atoms with Gasteiger partial charge in [0, 0.05) is 18.2 Å². The summed E-state index contributed by atoms with van der Waals surface area (Å²) in [4.78, 5) is 12.3. The minimum Gasteiger partial charge on any atom is -0.507 e. The molecule has 0 spiro atoms. The van der Waals surface area contributed by atoms with Crippen LogP contribution in [0.2, 0.25) is 0 Å². The first kappa shape index (κ1) is 17.6. The molecule has 25 heavy (non-hydrogen) atoms. The van der Waals surface area contributed by atoms with Crippen LogP contribution in [-0.2, 0) is 6.42 Å². The summed E-state index contributed by atoms with van der Waals surface area (Å²) in [5, 5.41) is 14.4. The molecule has 1 aliphatic heterocycles. The van der Waals surface area contributed by atoms with E-state index in [1.807, 2.05) is 6.92 Å². The number of ether oxygens (including phenoxy) is 1. The summed E-state index contributed by atoms with van der Waals surface area (Å²) in [6.07, 6.45) is 6.01. The normalized spacial score (nSPS) is 17.8. The molecule has 3 rings (SSSR count). The van der Waals surface area contributed by atoms with Crippen molar-refractivity contribution in [2.24, 2.45) is 0 Å². The highest BCUT2D eigenvalue weighted by Gasteiger charge is 2.23. The second-order valence-corrected chi connectivity index (χ2v) is 7.07. The Balaban J connectivity index is 1.93. The summed E-state index contributed by atoms with van der Waals surface area (Å²) >= 11 is 0. The summed E-state index contributed by atoms with van der Waals surface area (Å²) in [6.45, 7) is 6.25. The van der Waals surface area contributed by atoms with E-state index in [9.17, 15) is 9.90 Å². The number of hydrogen-bond donors (Lipinski definition) is 2. The average molecular weight is 345 g/mol. The maximum absolute atomic E-state index is 12.3. The lowest BCUT2D eigenvalue weighted by Gasteiger charge is -2.24. The van der Waals surface area contributed by atoms with Crippen LogP contribution in [0.3, 0.4) is 0 Å². The standard InChI is InChI=1S/C20H27NO4/c1-4-5-6-7-13(3)24-14-10-16(22)18-17(11-14)25-20(23)15-9-8-12(2)21-19(15)18/h10-13,21-22H,4-9H2,1-3H3. The molecule has 2 unspecified atom stereocenters. The van der Waals surface area contributed by atoms with Crippen LogP contribution in [0.4, 0.5) is 5.69 Å². The van der Waals surface area contributed by atoms with Gasteiger partial charge in [0.2, 0.25) is 0 Å². The molecule has 1 aliphatic rings. The first-order chi connectivity index (χ1) is 12.0. The van der Waals surface area contributed by atoms with Crippen molar-refractivity contribution in [3.8, 4) is 11.5 Å². The van der Waals surface area contributed by atoms with E-state index < -0.39 is 0 Å². The van der Waals surface area contributed by atoms with Crippen LogP contribution in [0.5, 0.6) is 11.5 Å². The predicted molar refractivity (Wildman–Crippen MR) is 99.8 cm³/mol. The molecule has 2 heterocycles. The number of hydrogen-bond acceptors (Lipinski definition) is 5. The topological polar surface area (TPSA) is 71.7 Å². The molecule has 1 aromatic heterocycles. The van der Waals surface area contributed by atoms with Gasteiger partial charge in [-0.1, -0.05) is 19.8 Å². The number of phenolic OH excluding ortho intramolecular Hbond substituents is 1. The van der Waals surface area contributed by atoms with Gasteiger partial charge >= 0.3 is 5.63 Å². The molecule has 2 aromatic rings. The molecule has 2 N–H and O–H groups in total. The third kappa shape index (κ3) is 3.75. The zero-order valence-electron chi connectivity index (χ0n) is 15.2. The van der Waals surface area contributed by atoms with Gasteiger partial charge in [-0.2, -0.15) is 0 Å². The molecule has 0 radical (unpaired) electrons. The number of aromatic hydroxyl groups is 1. The van der Waals surface area contributed by atoms with Crippen molar-refractivity contribution in [2.45, 2.75) is 71.4 Å². The Bertz CT molecular complexity index is 811. The second kappa shape index (κ2) is 7.38. The van der Waals surface area contributed by atoms with Crippen molar-refractivity contribution in [3.05, 3.63) is 28.1 Å². The largest absolute Gasteiger partial charge is 0.507 e. The molecular weight excluding hydrogens is 318 g/mol. The number of anilines is 1. The van der Waals surface area contributed by atoms with E-state index in [1.54, 1.807) is 12.1 Å². The minimum absolute atomic E-state index is 0.0471. The first-order valence-corrected chi connectivity index (χ1v) is 9.25. The van der Waals surface area contributed by atoms with Crippen LogP contribution in [0.1, 0.15) is 58.4 Å². The minimum atomic E-state index is -0.338. The zero-order valence-corrected chi connectivity index (χ0v) is 15.2. The van der Waals surface area contributed by atoms with Crippen LogP contribution in [0.25, 0.3) is 11.0 Å². The molecular formula is C20H27NO4. The Hall–Kier alpha value is -2.17. The molecule has 2 atom stereocenters. The SMILES string of the molecule is CCCCCC(C)Oc1cc(O)c2c3c(c(=O)oc2c1)CCC(C)N3. The van der Waals surface area contributed by atoms with Crippen molar-refractivity contribution >= 4 is 16.7 Å². The number of phenols is 1. The number of fused-ring (bicyclic) bond motifs is 3. The predicted octanol–water partition coefficient (Wildman–Crippen LogP) is 4.59. The van der Waals surface area contributed by atoms with Crippen molar-refractivity contribution in [1.29, 1.82) is 0 Å². The lowest BCUT2D eigenvalue weighted by atomic mass is 9.98. The molecule has 0 saturated carbocycles. The van der Waals surface area contributed by atoms with Gasteiger partial charge in [-0.15, -0.1) is 0 Å². The van der Waals surface area contributed by atoms with E-state index in [4.69, 9.17) is 9.15 Å². The fourth-order valence-electron chi connectivity index (χ4n) is 3.43.